The lowest BCUT2D eigenvalue weighted by Crippen LogP contribution is -2.49. The van der Waals surface area contributed by atoms with E-state index in [1.165, 1.54) is 0 Å². The zero-order valence-corrected chi connectivity index (χ0v) is 20.5. The van der Waals surface area contributed by atoms with Gasteiger partial charge in [0.15, 0.2) is 0 Å². The summed E-state index contributed by atoms with van der Waals surface area (Å²) in [5.41, 5.74) is 7.63. The summed E-state index contributed by atoms with van der Waals surface area (Å²) < 4.78 is 5.88. The summed E-state index contributed by atoms with van der Waals surface area (Å²) >= 11 is 0. The van der Waals surface area contributed by atoms with Gasteiger partial charge in [-0.15, -0.1) is 0 Å². The van der Waals surface area contributed by atoms with E-state index in [-0.39, 0.29) is 24.1 Å². The van der Waals surface area contributed by atoms with Gasteiger partial charge in [-0.2, -0.15) is 0 Å². The molecule has 34 heavy (non-hydrogen) atoms. The van der Waals surface area contributed by atoms with Gasteiger partial charge in [-0.05, 0) is 49.4 Å². The summed E-state index contributed by atoms with van der Waals surface area (Å²) in [7, 11) is 0. The number of carbonyl (C=O) groups excluding carboxylic acids is 3. The van der Waals surface area contributed by atoms with Crippen molar-refractivity contribution in [1.82, 2.24) is 15.8 Å². The van der Waals surface area contributed by atoms with E-state index in [0.717, 1.165) is 22.4 Å². The lowest BCUT2D eigenvalue weighted by molar-refractivity contribution is -0.136. The van der Waals surface area contributed by atoms with Crippen LogP contribution in [0, 0.1) is 25.2 Å². The first-order valence-electron chi connectivity index (χ1n) is 11.8. The molecule has 7 nitrogen and oxygen atoms in total. The standard InChI is InChI=1S/C27H35N3O4/c1-19-11-12-20(2)23(15-19)34-14-8-13-27(3,4)26(33)29-28-25(32)22-16-24(31)30(18-22)17-21-9-6-5-7-10-21/h5-7,9-12,15,22H,8,13-14,16-18H2,1-4H3,(H,28,32)(H,29,33). The third-order valence-corrected chi connectivity index (χ3v) is 6.26. The molecule has 1 atom stereocenters. The van der Waals surface area contributed by atoms with Crippen LogP contribution in [0.3, 0.4) is 0 Å². The molecule has 1 unspecified atom stereocenters. The summed E-state index contributed by atoms with van der Waals surface area (Å²) in [5.74, 6) is -0.281. The highest BCUT2D eigenvalue weighted by Gasteiger charge is 2.35. The van der Waals surface area contributed by atoms with Crippen LogP contribution in [0.25, 0.3) is 0 Å². The van der Waals surface area contributed by atoms with E-state index in [1.807, 2.05) is 76.2 Å². The van der Waals surface area contributed by atoms with Crippen LogP contribution in [0.2, 0.25) is 0 Å². The van der Waals surface area contributed by atoms with Gasteiger partial charge in [0.05, 0.1) is 12.5 Å². The molecule has 1 fully saturated rings. The number of hydrazine groups is 1. The normalized spacial score (nSPS) is 15.8. The first-order valence-corrected chi connectivity index (χ1v) is 11.8. The predicted molar refractivity (Wildman–Crippen MR) is 131 cm³/mol. The SMILES string of the molecule is Cc1ccc(C)c(OCCCC(C)(C)C(=O)NNC(=O)C2CC(=O)N(Cc3ccccc3)C2)c1. The molecular formula is C27H35N3O4. The second-order valence-electron chi connectivity index (χ2n) is 9.71. The van der Waals surface area contributed by atoms with E-state index >= 15 is 0 Å². The van der Waals surface area contributed by atoms with Crippen molar-refractivity contribution < 1.29 is 19.1 Å². The minimum atomic E-state index is -0.677. The number of rotatable bonds is 9. The molecule has 3 amide bonds. The summed E-state index contributed by atoms with van der Waals surface area (Å²) in [6.45, 7) is 9.04. The van der Waals surface area contributed by atoms with Gasteiger partial charge in [0.2, 0.25) is 17.7 Å². The Kier molecular flexibility index (Phi) is 8.31. The van der Waals surface area contributed by atoms with Gasteiger partial charge in [-0.1, -0.05) is 56.3 Å². The smallest absolute Gasteiger partial charge is 0.244 e. The third kappa shape index (κ3) is 6.83. The molecular weight excluding hydrogens is 430 g/mol. The first-order chi connectivity index (χ1) is 16.2. The van der Waals surface area contributed by atoms with Crippen LogP contribution in [-0.4, -0.2) is 35.8 Å². The lowest BCUT2D eigenvalue weighted by atomic mass is 9.87. The molecule has 0 radical (unpaired) electrons. The zero-order chi connectivity index (χ0) is 24.7. The van der Waals surface area contributed by atoms with Gasteiger partial charge in [0.25, 0.3) is 0 Å². The highest BCUT2D eigenvalue weighted by atomic mass is 16.5. The Labute approximate surface area is 201 Å². The maximum absolute atomic E-state index is 12.7. The molecule has 1 aliphatic rings. The Balaban J connectivity index is 1.40. The monoisotopic (exact) mass is 465 g/mol. The maximum Gasteiger partial charge on any atom is 0.244 e. The average Bonchev–Trinajstić information content (AvgIpc) is 3.17. The third-order valence-electron chi connectivity index (χ3n) is 6.26. The van der Waals surface area contributed by atoms with Gasteiger partial charge in [0.1, 0.15) is 5.75 Å². The van der Waals surface area contributed by atoms with Gasteiger partial charge in [-0.25, -0.2) is 0 Å². The summed E-state index contributed by atoms with van der Waals surface area (Å²) in [6, 6.07) is 15.8. The molecule has 1 saturated heterocycles. The topological polar surface area (TPSA) is 87.7 Å². The van der Waals surface area contributed by atoms with Crippen molar-refractivity contribution in [2.24, 2.45) is 11.3 Å². The van der Waals surface area contributed by atoms with Crippen LogP contribution in [0.4, 0.5) is 0 Å². The Bertz CT molecular complexity index is 1020. The predicted octanol–water partition coefficient (Wildman–Crippen LogP) is 3.68. The van der Waals surface area contributed by atoms with Crippen LogP contribution >= 0.6 is 0 Å². The Morgan fingerprint density at radius 2 is 1.82 bits per heavy atom. The lowest BCUT2D eigenvalue weighted by Gasteiger charge is -2.24. The molecule has 0 saturated carbocycles. The summed E-state index contributed by atoms with van der Waals surface area (Å²) in [6.07, 6.45) is 1.45. The zero-order valence-electron chi connectivity index (χ0n) is 20.5. The molecule has 2 aromatic rings. The van der Waals surface area contributed by atoms with Crippen molar-refractivity contribution in [1.29, 1.82) is 0 Å². The molecule has 0 bridgehead atoms. The van der Waals surface area contributed by atoms with E-state index in [0.29, 0.717) is 32.5 Å². The molecule has 0 spiro atoms. The second-order valence-corrected chi connectivity index (χ2v) is 9.71. The highest BCUT2D eigenvalue weighted by molar-refractivity contribution is 5.91. The molecule has 182 valence electrons. The fourth-order valence-electron chi connectivity index (χ4n) is 3.97. The number of aryl methyl sites for hydroxylation is 2. The number of benzene rings is 2. The maximum atomic E-state index is 12.7. The van der Waals surface area contributed by atoms with Gasteiger partial charge in [0, 0.05) is 24.9 Å². The minimum Gasteiger partial charge on any atom is -0.493 e. The van der Waals surface area contributed by atoms with Crippen LogP contribution in [0.1, 0.15) is 49.8 Å². The van der Waals surface area contributed by atoms with Crippen molar-refractivity contribution in [2.45, 2.75) is 53.5 Å². The molecule has 0 aliphatic carbocycles. The van der Waals surface area contributed by atoms with E-state index in [9.17, 15) is 14.4 Å². The van der Waals surface area contributed by atoms with Crippen LogP contribution in [-0.2, 0) is 20.9 Å². The van der Waals surface area contributed by atoms with Crippen molar-refractivity contribution in [3.8, 4) is 5.75 Å². The number of carbonyl (C=O) groups is 3. The van der Waals surface area contributed by atoms with Crippen LogP contribution < -0.4 is 15.6 Å². The van der Waals surface area contributed by atoms with E-state index in [2.05, 4.69) is 10.9 Å². The van der Waals surface area contributed by atoms with E-state index in [4.69, 9.17) is 4.74 Å². The quantitative estimate of drug-likeness (QED) is 0.437. The molecule has 2 N–H and O–H groups in total. The van der Waals surface area contributed by atoms with Gasteiger partial charge < -0.3 is 9.64 Å². The second kappa shape index (κ2) is 11.2. The van der Waals surface area contributed by atoms with Gasteiger partial charge in [-0.3, -0.25) is 25.2 Å². The van der Waals surface area contributed by atoms with Crippen LogP contribution in [0.5, 0.6) is 5.75 Å². The largest absolute Gasteiger partial charge is 0.493 e. The number of nitrogens with one attached hydrogen (secondary N) is 2. The molecule has 3 rings (SSSR count). The van der Waals surface area contributed by atoms with Crippen molar-refractivity contribution >= 4 is 17.7 Å². The minimum absolute atomic E-state index is 0.0560. The molecule has 1 heterocycles. The number of ether oxygens (including phenoxy) is 1. The Morgan fingerprint density at radius 1 is 1.09 bits per heavy atom. The number of hydrogen-bond donors (Lipinski definition) is 2. The van der Waals surface area contributed by atoms with E-state index < -0.39 is 11.3 Å². The molecule has 2 aromatic carbocycles. The van der Waals surface area contributed by atoms with Crippen molar-refractivity contribution in [2.75, 3.05) is 13.2 Å². The molecule has 1 aliphatic heterocycles. The molecule has 7 heteroatoms. The van der Waals surface area contributed by atoms with Gasteiger partial charge >= 0.3 is 0 Å². The molecule has 0 aromatic heterocycles. The fraction of sp³-hybridized carbons (Fsp3) is 0.444. The van der Waals surface area contributed by atoms with Crippen LogP contribution in [0.15, 0.2) is 48.5 Å². The number of likely N-dealkylation sites (tertiary alicyclic amines) is 1. The number of hydrogen-bond acceptors (Lipinski definition) is 4. The Hall–Kier alpha value is -3.35. The average molecular weight is 466 g/mol. The first kappa shape index (κ1) is 25.3. The Morgan fingerprint density at radius 3 is 2.56 bits per heavy atom. The number of nitrogens with zero attached hydrogens (tertiary/aromatic N) is 1. The van der Waals surface area contributed by atoms with Crippen molar-refractivity contribution in [3.63, 3.8) is 0 Å². The van der Waals surface area contributed by atoms with E-state index in [1.54, 1.807) is 4.90 Å². The number of amides is 3. The summed E-state index contributed by atoms with van der Waals surface area (Å²) in [5, 5.41) is 0. The highest BCUT2D eigenvalue weighted by Crippen LogP contribution is 2.24. The fourth-order valence-corrected chi connectivity index (χ4v) is 3.97. The van der Waals surface area contributed by atoms with Crippen molar-refractivity contribution in [3.05, 3.63) is 65.2 Å². The summed E-state index contributed by atoms with van der Waals surface area (Å²) in [4.78, 5) is 39.3.